The van der Waals surface area contributed by atoms with Gasteiger partial charge in [-0.05, 0) is 72.4 Å². The Morgan fingerprint density at radius 2 is 1.86 bits per heavy atom. The number of nitrogens with two attached hydrogens (primary N) is 1. The van der Waals surface area contributed by atoms with Gasteiger partial charge in [-0.1, -0.05) is 17.7 Å². The smallest absolute Gasteiger partial charge is 0.255 e. The number of anilines is 2. The molecule has 4 N–H and O–H groups in total. The molecule has 4 aromatic rings. The number of furan rings is 1. The van der Waals surface area contributed by atoms with Crippen molar-refractivity contribution in [2.75, 3.05) is 17.5 Å². The van der Waals surface area contributed by atoms with Gasteiger partial charge in [-0.3, -0.25) is 9.52 Å². The zero-order valence-corrected chi connectivity index (χ0v) is 20.8. The topological polar surface area (TPSA) is 114 Å². The lowest BCUT2D eigenvalue weighted by Gasteiger charge is -2.13. The van der Waals surface area contributed by atoms with Gasteiger partial charge in [-0.15, -0.1) is 0 Å². The lowest BCUT2D eigenvalue weighted by Crippen LogP contribution is -2.18. The minimum absolute atomic E-state index is 0.166. The molecule has 0 saturated heterocycles. The zero-order chi connectivity index (χ0) is 25.6. The Morgan fingerprint density at radius 1 is 1.14 bits per heavy atom. The molecule has 0 atom stereocenters. The Morgan fingerprint density at radius 3 is 2.50 bits per heavy atom. The fraction of sp³-hybridized carbons (Fsp3) is 0.192. The standard InChI is InChI=1S/C26H23ClFN3O4S/c1-30-26(32)24-19-11-18(15-3-4-15)22(12-23(19)35-25(24)16-5-7-17(28)8-6-16)31-36(33,34)13-14-2-9-21(29)20(27)10-14/h2,5-12,15,31H,3-4,13,29H2,1H3,(H,30,32). The van der Waals surface area contributed by atoms with E-state index in [2.05, 4.69) is 10.0 Å². The van der Waals surface area contributed by atoms with Gasteiger partial charge in [0.1, 0.15) is 17.2 Å². The maximum absolute atomic E-state index is 13.5. The van der Waals surface area contributed by atoms with Crippen LogP contribution in [-0.4, -0.2) is 21.4 Å². The molecule has 1 aliphatic rings. The van der Waals surface area contributed by atoms with Crippen molar-refractivity contribution in [3.8, 4) is 11.3 Å². The number of hydrogen-bond donors (Lipinski definition) is 3. The Bertz CT molecular complexity index is 1600. The molecule has 1 aromatic heterocycles. The molecule has 5 rings (SSSR count). The lowest BCUT2D eigenvalue weighted by atomic mass is 10.0. The molecule has 1 saturated carbocycles. The average molecular weight is 528 g/mol. The van der Waals surface area contributed by atoms with Gasteiger partial charge in [0.25, 0.3) is 5.91 Å². The normalized spacial score (nSPS) is 13.6. The second-order valence-electron chi connectivity index (χ2n) is 8.82. The highest BCUT2D eigenvalue weighted by atomic mass is 35.5. The summed E-state index contributed by atoms with van der Waals surface area (Å²) in [6.07, 6.45) is 1.82. The number of nitrogens with one attached hydrogen (secondary N) is 2. The van der Waals surface area contributed by atoms with E-state index in [1.807, 2.05) is 6.07 Å². The van der Waals surface area contributed by atoms with E-state index >= 15 is 0 Å². The molecule has 186 valence electrons. The third-order valence-corrected chi connectivity index (χ3v) is 7.70. The molecular formula is C26H23ClFN3O4S. The van der Waals surface area contributed by atoms with Gasteiger partial charge < -0.3 is 15.5 Å². The molecule has 0 aliphatic heterocycles. The van der Waals surface area contributed by atoms with Crippen LogP contribution >= 0.6 is 11.6 Å². The van der Waals surface area contributed by atoms with Gasteiger partial charge in [-0.2, -0.15) is 0 Å². The summed E-state index contributed by atoms with van der Waals surface area (Å²) in [5.74, 6) is -0.616. The highest BCUT2D eigenvalue weighted by Crippen LogP contribution is 2.47. The van der Waals surface area contributed by atoms with Crippen molar-refractivity contribution in [1.29, 1.82) is 0 Å². The molecule has 1 heterocycles. The van der Waals surface area contributed by atoms with Crippen molar-refractivity contribution < 1.29 is 22.0 Å². The van der Waals surface area contributed by atoms with Crippen molar-refractivity contribution in [3.63, 3.8) is 0 Å². The van der Waals surface area contributed by atoms with Crippen LogP contribution < -0.4 is 15.8 Å². The molecule has 0 spiro atoms. The molecule has 0 unspecified atom stereocenters. The molecule has 3 aromatic carbocycles. The van der Waals surface area contributed by atoms with Crippen LogP contribution in [0.2, 0.25) is 5.02 Å². The van der Waals surface area contributed by atoms with Crippen molar-refractivity contribution in [2.45, 2.75) is 24.5 Å². The molecule has 1 amide bonds. The highest BCUT2D eigenvalue weighted by Gasteiger charge is 2.31. The van der Waals surface area contributed by atoms with Crippen LogP contribution in [0.5, 0.6) is 0 Å². The van der Waals surface area contributed by atoms with Gasteiger partial charge in [0.05, 0.1) is 27.7 Å². The number of hydrogen-bond acceptors (Lipinski definition) is 5. The van der Waals surface area contributed by atoms with Crippen LogP contribution in [0.25, 0.3) is 22.3 Å². The van der Waals surface area contributed by atoms with E-state index in [1.165, 1.54) is 37.4 Å². The minimum atomic E-state index is -3.81. The van der Waals surface area contributed by atoms with E-state index in [0.717, 1.165) is 18.4 Å². The molecule has 7 nitrogen and oxygen atoms in total. The van der Waals surface area contributed by atoms with Crippen LogP contribution in [0.4, 0.5) is 15.8 Å². The molecule has 0 bridgehead atoms. The van der Waals surface area contributed by atoms with Crippen molar-refractivity contribution in [1.82, 2.24) is 5.32 Å². The summed E-state index contributed by atoms with van der Waals surface area (Å²) < 4.78 is 48.4. The molecule has 0 radical (unpaired) electrons. The largest absolute Gasteiger partial charge is 0.455 e. The highest BCUT2D eigenvalue weighted by molar-refractivity contribution is 7.91. The van der Waals surface area contributed by atoms with E-state index < -0.39 is 15.8 Å². The van der Waals surface area contributed by atoms with Gasteiger partial charge in [0.15, 0.2) is 0 Å². The fourth-order valence-electron chi connectivity index (χ4n) is 4.22. The molecule has 36 heavy (non-hydrogen) atoms. The fourth-order valence-corrected chi connectivity index (χ4v) is 5.62. The second kappa shape index (κ2) is 9.15. The van der Waals surface area contributed by atoms with Crippen molar-refractivity contribution in [3.05, 3.63) is 82.1 Å². The first-order valence-electron chi connectivity index (χ1n) is 11.3. The quantitative estimate of drug-likeness (QED) is 0.268. The summed E-state index contributed by atoms with van der Waals surface area (Å²) in [6, 6.07) is 13.8. The number of benzene rings is 3. The van der Waals surface area contributed by atoms with E-state index in [9.17, 15) is 17.6 Å². The van der Waals surface area contributed by atoms with Crippen LogP contribution in [0, 0.1) is 5.82 Å². The van der Waals surface area contributed by atoms with Gasteiger partial charge >= 0.3 is 0 Å². The average Bonchev–Trinajstić information content (AvgIpc) is 3.61. The predicted molar refractivity (Wildman–Crippen MR) is 139 cm³/mol. The van der Waals surface area contributed by atoms with Crippen LogP contribution in [-0.2, 0) is 15.8 Å². The SMILES string of the molecule is CNC(=O)c1c(-c2ccc(F)cc2)oc2cc(NS(=O)(=O)Cc3ccc(N)c(Cl)c3)c(C3CC3)cc12. The number of nitrogen functional groups attached to an aromatic ring is 1. The van der Waals surface area contributed by atoms with Crippen molar-refractivity contribution >= 4 is 49.9 Å². The first-order valence-corrected chi connectivity index (χ1v) is 13.3. The summed E-state index contributed by atoms with van der Waals surface area (Å²) in [5.41, 5.74) is 8.96. The van der Waals surface area contributed by atoms with Gasteiger partial charge in [-0.25, -0.2) is 12.8 Å². The number of carbonyl (C=O) groups excluding carboxylic acids is 1. The van der Waals surface area contributed by atoms with Gasteiger partial charge in [0.2, 0.25) is 10.0 Å². The molecule has 10 heteroatoms. The van der Waals surface area contributed by atoms with Crippen LogP contribution in [0.15, 0.2) is 59.0 Å². The Balaban J connectivity index is 1.59. The summed E-state index contributed by atoms with van der Waals surface area (Å²) in [6.45, 7) is 0. The number of carbonyl (C=O) groups is 1. The first kappa shape index (κ1) is 24.1. The van der Waals surface area contributed by atoms with E-state index in [1.54, 1.807) is 18.2 Å². The minimum Gasteiger partial charge on any atom is -0.455 e. The molecule has 1 aliphatic carbocycles. The maximum Gasteiger partial charge on any atom is 0.255 e. The maximum atomic E-state index is 13.5. The Kier molecular flexibility index (Phi) is 6.13. The number of amides is 1. The number of rotatable bonds is 7. The van der Waals surface area contributed by atoms with E-state index in [0.29, 0.717) is 39.0 Å². The third kappa shape index (κ3) is 4.76. The number of sulfonamides is 1. The third-order valence-electron chi connectivity index (χ3n) is 6.12. The molecular weight excluding hydrogens is 505 g/mol. The summed E-state index contributed by atoms with van der Waals surface area (Å²) in [4.78, 5) is 12.8. The Labute approximate surface area is 212 Å². The lowest BCUT2D eigenvalue weighted by molar-refractivity contribution is 0.0964. The summed E-state index contributed by atoms with van der Waals surface area (Å²) >= 11 is 6.05. The van der Waals surface area contributed by atoms with Gasteiger partial charge in [0, 0.05) is 24.1 Å². The first-order chi connectivity index (χ1) is 17.1. The second-order valence-corrected chi connectivity index (χ2v) is 10.9. The van der Waals surface area contributed by atoms with E-state index in [4.69, 9.17) is 21.8 Å². The van der Waals surface area contributed by atoms with Crippen LogP contribution in [0.1, 0.15) is 40.2 Å². The predicted octanol–water partition coefficient (Wildman–Crippen LogP) is 5.65. The summed E-state index contributed by atoms with van der Waals surface area (Å²) in [5, 5.41) is 3.47. The zero-order valence-electron chi connectivity index (χ0n) is 19.3. The van der Waals surface area contributed by atoms with E-state index in [-0.39, 0.29) is 28.4 Å². The summed E-state index contributed by atoms with van der Waals surface area (Å²) in [7, 11) is -2.29. The molecule has 1 fully saturated rings. The number of halogens is 2. The van der Waals surface area contributed by atoms with Crippen molar-refractivity contribution in [2.24, 2.45) is 0 Å². The number of fused-ring (bicyclic) bond motifs is 1. The monoisotopic (exact) mass is 527 g/mol. The van der Waals surface area contributed by atoms with Crippen LogP contribution in [0.3, 0.4) is 0 Å². The Hall–Kier alpha value is -3.56.